The topological polar surface area (TPSA) is 47.6 Å². The Labute approximate surface area is 242 Å². The number of amides is 1. The number of carbonyl (C=O) groups excluding carboxylic acids is 1. The van der Waals surface area contributed by atoms with Crippen LogP contribution in [0, 0.1) is 5.82 Å². The zero-order chi connectivity index (χ0) is 28.4. The minimum atomic E-state index is -0.613. The second-order valence-electron chi connectivity index (χ2n) is 11.5. The number of aryl methyl sites for hydroxylation is 1. The first-order chi connectivity index (χ1) is 19.6. The van der Waals surface area contributed by atoms with Crippen molar-refractivity contribution >= 4 is 11.6 Å². The molecule has 0 unspecified atom stereocenters. The van der Waals surface area contributed by atoms with Crippen LogP contribution in [0.1, 0.15) is 138 Å². The average molecular weight is 554 g/mol. The molecule has 1 N–H and O–H groups in total. The van der Waals surface area contributed by atoms with Gasteiger partial charge in [-0.05, 0) is 56.2 Å². The third-order valence-corrected chi connectivity index (χ3v) is 8.16. The van der Waals surface area contributed by atoms with Gasteiger partial charge in [-0.25, -0.2) is 4.39 Å². The van der Waals surface area contributed by atoms with Crippen LogP contribution in [0.5, 0.6) is 11.5 Å². The fourth-order valence-corrected chi connectivity index (χ4v) is 5.71. The zero-order valence-electron chi connectivity index (χ0n) is 25.1. The van der Waals surface area contributed by atoms with Gasteiger partial charge >= 0.3 is 0 Å². The van der Waals surface area contributed by atoms with Crippen molar-refractivity contribution in [1.82, 2.24) is 0 Å². The molecule has 5 heteroatoms. The molecule has 222 valence electrons. The summed E-state index contributed by atoms with van der Waals surface area (Å²) >= 11 is 0. The van der Waals surface area contributed by atoms with Crippen molar-refractivity contribution in [3.05, 3.63) is 53.3 Å². The maximum absolute atomic E-state index is 14.9. The van der Waals surface area contributed by atoms with Crippen molar-refractivity contribution in [2.75, 3.05) is 12.4 Å². The number of rotatable bonds is 20. The van der Waals surface area contributed by atoms with Gasteiger partial charge in [0.25, 0.3) is 5.91 Å². The predicted octanol–water partition coefficient (Wildman–Crippen LogP) is 10.4. The summed E-state index contributed by atoms with van der Waals surface area (Å²) in [7, 11) is 1.49. The molecular weight excluding hydrogens is 501 g/mol. The molecule has 0 saturated heterocycles. The van der Waals surface area contributed by atoms with Gasteiger partial charge in [-0.15, -0.1) is 0 Å². The van der Waals surface area contributed by atoms with Crippen LogP contribution >= 0.6 is 0 Å². The van der Waals surface area contributed by atoms with Crippen LogP contribution in [-0.4, -0.2) is 19.1 Å². The van der Waals surface area contributed by atoms with Crippen molar-refractivity contribution in [2.24, 2.45) is 0 Å². The van der Waals surface area contributed by atoms with E-state index < -0.39 is 11.7 Å². The van der Waals surface area contributed by atoms with Gasteiger partial charge in [0, 0.05) is 11.8 Å². The Bertz CT molecular complexity index is 1000. The number of ether oxygens (including phenoxy) is 2. The van der Waals surface area contributed by atoms with Crippen LogP contribution in [0.4, 0.5) is 10.1 Å². The number of carbonyl (C=O) groups is 1. The molecule has 40 heavy (non-hydrogen) atoms. The zero-order valence-corrected chi connectivity index (χ0v) is 25.1. The second kappa shape index (κ2) is 18.7. The van der Waals surface area contributed by atoms with E-state index in [4.69, 9.17) is 9.47 Å². The Morgan fingerprint density at radius 3 is 2.00 bits per heavy atom. The van der Waals surface area contributed by atoms with Gasteiger partial charge in [-0.3, -0.25) is 4.79 Å². The number of benzene rings is 2. The van der Waals surface area contributed by atoms with Crippen molar-refractivity contribution < 1.29 is 18.7 Å². The van der Waals surface area contributed by atoms with E-state index in [1.54, 1.807) is 0 Å². The van der Waals surface area contributed by atoms with Crippen LogP contribution in [0.15, 0.2) is 36.4 Å². The fraction of sp³-hybridized carbons (Fsp3) is 0.629. The van der Waals surface area contributed by atoms with E-state index >= 15 is 0 Å². The number of unbranched alkanes of at least 4 members (excludes halogenated alkanes) is 13. The number of hydrogen-bond donors (Lipinski definition) is 1. The monoisotopic (exact) mass is 553 g/mol. The van der Waals surface area contributed by atoms with Crippen molar-refractivity contribution in [3.63, 3.8) is 0 Å². The standard InChI is InChI=1S/C35H52FNO3/c1-3-4-5-6-7-8-9-10-11-12-13-14-15-16-21-28-22-17-20-25-32(28)37-35(38)30-26-34(33(39-2)27-31(30)36)40-29-23-18-19-24-29/h17,20,22,25-27,29H,3-16,18-19,21,23-24H2,1-2H3,(H,37,38). The minimum Gasteiger partial charge on any atom is -0.493 e. The Morgan fingerprint density at radius 1 is 0.825 bits per heavy atom. The lowest BCUT2D eigenvalue weighted by atomic mass is 10.0. The van der Waals surface area contributed by atoms with Crippen LogP contribution in [0.3, 0.4) is 0 Å². The molecule has 3 rings (SSSR count). The molecule has 1 aliphatic carbocycles. The van der Waals surface area contributed by atoms with Gasteiger partial charge < -0.3 is 14.8 Å². The largest absolute Gasteiger partial charge is 0.493 e. The highest BCUT2D eigenvalue weighted by Crippen LogP contribution is 2.34. The van der Waals surface area contributed by atoms with E-state index in [2.05, 4.69) is 18.3 Å². The molecule has 1 aliphatic rings. The van der Waals surface area contributed by atoms with E-state index in [1.165, 1.54) is 103 Å². The fourth-order valence-electron chi connectivity index (χ4n) is 5.71. The second-order valence-corrected chi connectivity index (χ2v) is 11.5. The summed E-state index contributed by atoms with van der Waals surface area (Å²) in [5, 5.41) is 2.95. The third kappa shape index (κ3) is 11.1. The number of nitrogens with one attached hydrogen (secondary N) is 1. The summed E-state index contributed by atoms with van der Waals surface area (Å²) in [4.78, 5) is 13.1. The Kier molecular flexibility index (Phi) is 15.0. The van der Waals surface area contributed by atoms with E-state index in [9.17, 15) is 9.18 Å². The van der Waals surface area contributed by atoms with Gasteiger partial charge in [0.1, 0.15) is 5.82 Å². The molecule has 1 fully saturated rings. The number of para-hydroxylation sites is 1. The normalized spacial score (nSPS) is 13.5. The molecule has 0 aliphatic heterocycles. The number of anilines is 1. The highest BCUT2D eigenvalue weighted by molar-refractivity contribution is 6.05. The third-order valence-electron chi connectivity index (χ3n) is 8.16. The summed E-state index contributed by atoms with van der Waals surface area (Å²) < 4.78 is 26.3. The highest BCUT2D eigenvalue weighted by Gasteiger charge is 2.22. The first kappa shape index (κ1) is 32.0. The van der Waals surface area contributed by atoms with E-state index in [0.717, 1.165) is 49.8 Å². The Morgan fingerprint density at radius 2 is 1.40 bits per heavy atom. The van der Waals surface area contributed by atoms with Crippen LogP contribution in [-0.2, 0) is 6.42 Å². The number of methoxy groups -OCH3 is 1. The molecule has 0 bridgehead atoms. The molecular formula is C35H52FNO3. The molecule has 4 nitrogen and oxygen atoms in total. The van der Waals surface area contributed by atoms with Gasteiger partial charge in [0.2, 0.25) is 0 Å². The Hall–Kier alpha value is -2.56. The highest BCUT2D eigenvalue weighted by atomic mass is 19.1. The molecule has 2 aromatic rings. The number of hydrogen-bond acceptors (Lipinski definition) is 3. The quantitative estimate of drug-likeness (QED) is 0.166. The van der Waals surface area contributed by atoms with Gasteiger partial charge in [0.15, 0.2) is 11.5 Å². The lowest BCUT2D eigenvalue weighted by Gasteiger charge is -2.17. The maximum atomic E-state index is 14.9. The molecule has 0 atom stereocenters. The van der Waals surface area contributed by atoms with Crippen molar-refractivity contribution in [1.29, 1.82) is 0 Å². The first-order valence-electron chi connectivity index (χ1n) is 16.1. The molecule has 2 aromatic carbocycles. The molecule has 1 saturated carbocycles. The first-order valence-corrected chi connectivity index (χ1v) is 16.1. The van der Waals surface area contributed by atoms with Gasteiger partial charge in [0.05, 0.1) is 18.8 Å². The summed E-state index contributed by atoms with van der Waals surface area (Å²) in [6, 6.07) is 10.6. The van der Waals surface area contributed by atoms with E-state index in [1.807, 2.05) is 18.2 Å². The van der Waals surface area contributed by atoms with Gasteiger partial charge in [-0.2, -0.15) is 0 Å². The molecule has 0 spiro atoms. The average Bonchev–Trinajstić information content (AvgIpc) is 3.48. The lowest BCUT2D eigenvalue weighted by molar-refractivity contribution is 0.102. The smallest absolute Gasteiger partial charge is 0.258 e. The number of halogens is 1. The summed E-state index contributed by atoms with van der Waals surface area (Å²) in [6.45, 7) is 2.27. The van der Waals surface area contributed by atoms with Gasteiger partial charge in [-0.1, -0.05) is 109 Å². The molecule has 0 heterocycles. The molecule has 1 amide bonds. The van der Waals surface area contributed by atoms with Crippen molar-refractivity contribution in [2.45, 2.75) is 135 Å². The summed E-state index contributed by atoms with van der Waals surface area (Å²) in [5.41, 5.74) is 1.81. The van der Waals surface area contributed by atoms with Crippen LogP contribution < -0.4 is 14.8 Å². The lowest BCUT2D eigenvalue weighted by Crippen LogP contribution is -2.17. The van der Waals surface area contributed by atoms with Crippen molar-refractivity contribution in [3.8, 4) is 11.5 Å². The summed E-state index contributed by atoms with van der Waals surface area (Å²) in [6.07, 6.45) is 23.8. The minimum absolute atomic E-state index is 0.0277. The van der Waals surface area contributed by atoms with E-state index in [-0.39, 0.29) is 11.7 Å². The SMILES string of the molecule is CCCCCCCCCCCCCCCCc1ccccc1NC(=O)c1cc(OC2CCCC2)c(OC)cc1F. The van der Waals surface area contributed by atoms with Crippen LogP contribution in [0.25, 0.3) is 0 Å². The summed E-state index contributed by atoms with van der Waals surface area (Å²) in [5.74, 6) is -0.335. The Balaban J connectivity index is 1.40. The maximum Gasteiger partial charge on any atom is 0.258 e. The molecule has 0 aromatic heterocycles. The predicted molar refractivity (Wildman–Crippen MR) is 164 cm³/mol. The van der Waals surface area contributed by atoms with E-state index in [0.29, 0.717) is 11.5 Å². The van der Waals surface area contributed by atoms with Crippen LogP contribution in [0.2, 0.25) is 0 Å². The molecule has 0 radical (unpaired) electrons.